The Labute approximate surface area is 70.5 Å². The molecule has 0 unspecified atom stereocenters. The number of carboxylic acids is 1. The molecule has 0 amide bonds. The van der Waals surface area contributed by atoms with Gasteiger partial charge < -0.3 is 10.2 Å². The molecule has 1 rings (SSSR count). The maximum atomic E-state index is 10.3. The molecule has 2 N–H and O–H groups in total. The Kier molecular flexibility index (Phi) is 3.04. The molecule has 0 aromatic heterocycles. The first-order valence-corrected chi connectivity index (χ1v) is 3.88. The van der Waals surface area contributed by atoms with Crippen LogP contribution in [0.3, 0.4) is 0 Å². The lowest BCUT2D eigenvalue weighted by Gasteiger charge is -2.01. The largest absolute Gasteiger partial charge is 0.478 e. The fourth-order valence-corrected chi connectivity index (χ4v) is 1.19. The van der Waals surface area contributed by atoms with E-state index in [2.05, 4.69) is 0 Å². The number of rotatable bonds is 4. The van der Waals surface area contributed by atoms with E-state index >= 15 is 0 Å². The van der Waals surface area contributed by atoms with Crippen LogP contribution in [0.15, 0.2) is 0 Å². The second-order valence-electron chi connectivity index (χ2n) is 2.74. The van der Waals surface area contributed by atoms with Gasteiger partial charge in [0.2, 0.25) is 6.34 Å². The molecule has 0 fully saturated rings. The van der Waals surface area contributed by atoms with Crippen molar-refractivity contribution >= 4 is 12.3 Å². The van der Waals surface area contributed by atoms with Crippen LogP contribution in [0.5, 0.6) is 0 Å². The standard InChI is InChI=1S/C7H12N2O3/c10-4-3-8-1-2-9(6-8)5-7(11)12/h6,10H,1-5H2/p+1. The third-order valence-electron chi connectivity index (χ3n) is 1.73. The molecule has 0 spiro atoms. The second kappa shape index (κ2) is 4.06. The molecule has 0 aromatic rings. The van der Waals surface area contributed by atoms with E-state index in [1.54, 1.807) is 10.9 Å². The van der Waals surface area contributed by atoms with Crippen LogP contribution in [-0.4, -0.2) is 64.8 Å². The summed E-state index contributed by atoms with van der Waals surface area (Å²) in [6.07, 6.45) is 1.75. The van der Waals surface area contributed by atoms with Gasteiger partial charge >= 0.3 is 5.97 Å². The molecule has 0 saturated carbocycles. The van der Waals surface area contributed by atoms with Crippen molar-refractivity contribution in [3.05, 3.63) is 0 Å². The van der Waals surface area contributed by atoms with Gasteiger partial charge in [0, 0.05) is 0 Å². The molecule has 0 radical (unpaired) electrons. The SMILES string of the molecule is O=C(O)C[N+]1=CN(CCO)CC1. The summed E-state index contributed by atoms with van der Waals surface area (Å²) in [5.74, 6) is -0.822. The normalized spacial score (nSPS) is 16.4. The third-order valence-corrected chi connectivity index (χ3v) is 1.73. The highest BCUT2D eigenvalue weighted by atomic mass is 16.4. The predicted octanol–water partition coefficient (Wildman–Crippen LogP) is -1.58. The number of β-amino-alcohol motifs (C(OH)–C–C–N with tert-alkyl or cyclic N) is 1. The Morgan fingerprint density at radius 3 is 3.00 bits per heavy atom. The molecule has 0 atom stereocenters. The summed E-state index contributed by atoms with van der Waals surface area (Å²) in [4.78, 5) is 12.2. The highest BCUT2D eigenvalue weighted by Gasteiger charge is 2.19. The van der Waals surface area contributed by atoms with E-state index in [9.17, 15) is 4.79 Å². The molecule has 0 bridgehead atoms. The van der Waals surface area contributed by atoms with Crippen LogP contribution >= 0.6 is 0 Å². The average molecular weight is 173 g/mol. The van der Waals surface area contributed by atoms with Gasteiger partial charge in [-0.15, -0.1) is 0 Å². The quantitative estimate of drug-likeness (QED) is 0.504. The molecular weight excluding hydrogens is 160 g/mol. The summed E-state index contributed by atoms with van der Waals surface area (Å²) in [6.45, 7) is 2.26. The molecule has 1 heterocycles. The highest BCUT2D eigenvalue weighted by Crippen LogP contribution is 1.92. The summed E-state index contributed by atoms with van der Waals surface area (Å²) in [7, 11) is 0. The van der Waals surface area contributed by atoms with Gasteiger partial charge in [-0.1, -0.05) is 0 Å². The minimum atomic E-state index is -0.822. The zero-order valence-corrected chi connectivity index (χ0v) is 6.81. The molecule has 5 heteroatoms. The zero-order chi connectivity index (χ0) is 8.97. The Bertz CT molecular complexity index is 203. The fourth-order valence-electron chi connectivity index (χ4n) is 1.19. The maximum Gasteiger partial charge on any atom is 0.345 e. The molecule has 0 aromatic carbocycles. The van der Waals surface area contributed by atoms with E-state index in [-0.39, 0.29) is 13.2 Å². The van der Waals surface area contributed by atoms with E-state index in [0.29, 0.717) is 6.54 Å². The highest BCUT2D eigenvalue weighted by molar-refractivity contribution is 5.68. The van der Waals surface area contributed by atoms with E-state index < -0.39 is 5.97 Å². The van der Waals surface area contributed by atoms with Crippen molar-refractivity contribution in [1.29, 1.82) is 0 Å². The first-order valence-electron chi connectivity index (χ1n) is 3.88. The fraction of sp³-hybridized carbons (Fsp3) is 0.714. The number of aliphatic carboxylic acids is 1. The molecule has 1 aliphatic rings. The number of hydrogen-bond donors (Lipinski definition) is 2. The summed E-state index contributed by atoms with van der Waals surface area (Å²) < 4.78 is 1.72. The summed E-state index contributed by atoms with van der Waals surface area (Å²) >= 11 is 0. The van der Waals surface area contributed by atoms with Crippen molar-refractivity contribution in [3.63, 3.8) is 0 Å². The van der Waals surface area contributed by atoms with Gasteiger partial charge in [-0.05, 0) is 0 Å². The number of carboxylic acid groups (broad SMARTS) is 1. The lowest BCUT2D eigenvalue weighted by atomic mass is 10.5. The summed E-state index contributed by atoms with van der Waals surface area (Å²) in [5, 5.41) is 17.1. The molecule has 12 heavy (non-hydrogen) atoms. The minimum Gasteiger partial charge on any atom is -0.478 e. The van der Waals surface area contributed by atoms with Crippen molar-refractivity contribution in [2.45, 2.75) is 0 Å². The molecular formula is C7H13N2O3+. The maximum absolute atomic E-state index is 10.3. The van der Waals surface area contributed by atoms with Gasteiger partial charge in [0.25, 0.3) is 0 Å². The number of carbonyl (C=O) groups is 1. The molecule has 68 valence electrons. The smallest absolute Gasteiger partial charge is 0.345 e. The van der Waals surface area contributed by atoms with Gasteiger partial charge in [0.05, 0.1) is 6.61 Å². The van der Waals surface area contributed by atoms with Crippen LogP contribution in [-0.2, 0) is 4.79 Å². The van der Waals surface area contributed by atoms with E-state index in [1.807, 2.05) is 4.90 Å². The van der Waals surface area contributed by atoms with Crippen LogP contribution < -0.4 is 0 Å². The first-order chi connectivity index (χ1) is 5.72. The van der Waals surface area contributed by atoms with Crippen LogP contribution in [0, 0.1) is 0 Å². The van der Waals surface area contributed by atoms with Crippen LogP contribution in [0.4, 0.5) is 0 Å². The van der Waals surface area contributed by atoms with Gasteiger partial charge in [0.1, 0.15) is 19.6 Å². The topological polar surface area (TPSA) is 63.8 Å². The number of aliphatic hydroxyl groups excluding tert-OH is 1. The van der Waals surface area contributed by atoms with E-state index in [4.69, 9.17) is 10.2 Å². The molecule has 5 nitrogen and oxygen atoms in total. The molecule has 0 aliphatic carbocycles. The summed E-state index contributed by atoms with van der Waals surface area (Å²) in [6, 6.07) is 0. The van der Waals surface area contributed by atoms with Crippen LogP contribution in [0.25, 0.3) is 0 Å². The van der Waals surface area contributed by atoms with Gasteiger partial charge in [-0.25, -0.2) is 4.79 Å². The Morgan fingerprint density at radius 2 is 2.42 bits per heavy atom. The summed E-state index contributed by atoms with van der Waals surface area (Å²) in [5.41, 5.74) is 0. The molecule has 0 saturated heterocycles. The monoisotopic (exact) mass is 173 g/mol. The van der Waals surface area contributed by atoms with Crippen LogP contribution in [0.2, 0.25) is 0 Å². The number of hydrogen-bond acceptors (Lipinski definition) is 3. The lowest BCUT2D eigenvalue weighted by molar-refractivity contribution is -0.504. The van der Waals surface area contributed by atoms with Crippen molar-refractivity contribution < 1.29 is 19.6 Å². The average Bonchev–Trinajstić information content (AvgIpc) is 2.36. The van der Waals surface area contributed by atoms with E-state index in [1.165, 1.54) is 0 Å². The first kappa shape index (κ1) is 8.99. The number of nitrogens with zero attached hydrogens (tertiary/aromatic N) is 2. The van der Waals surface area contributed by atoms with Crippen LogP contribution in [0.1, 0.15) is 0 Å². The van der Waals surface area contributed by atoms with E-state index in [0.717, 1.165) is 13.1 Å². The Balaban J connectivity index is 2.37. The minimum absolute atomic E-state index is 0.0436. The number of aliphatic hydroxyl groups is 1. The van der Waals surface area contributed by atoms with Crippen molar-refractivity contribution in [2.75, 3.05) is 32.8 Å². The Morgan fingerprint density at radius 1 is 1.67 bits per heavy atom. The van der Waals surface area contributed by atoms with Crippen molar-refractivity contribution in [2.24, 2.45) is 0 Å². The van der Waals surface area contributed by atoms with Gasteiger partial charge in [0.15, 0.2) is 6.54 Å². The molecule has 1 aliphatic heterocycles. The predicted molar refractivity (Wildman–Crippen MR) is 42.4 cm³/mol. The second-order valence-corrected chi connectivity index (χ2v) is 2.74. The van der Waals surface area contributed by atoms with Gasteiger partial charge in [-0.2, -0.15) is 0 Å². The lowest BCUT2D eigenvalue weighted by Crippen LogP contribution is -2.23. The zero-order valence-electron chi connectivity index (χ0n) is 6.81. The van der Waals surface area contributed by atoms with Gasteiger partial charge in [-0.3, -0.25) is 9.48 Å². The third kappa shape index (κ3) is 2.50. The van der Waals surface area contributed by atoms with Crippen molar-refractivity contribution in [3.8, 4) is 0 Å². The van der Waals surface area contributed by atoms with Crippen molar-refractivity contribution in [1.82, 2.24) is 4.90 Å². The Hall–Kier alpha value is -1.10.